The molecule has 76 valence electrons. The number of fused-ring (bicyclic) bond motifs is 1. The molecule has 0 atom stereocenters. The molecule has 0 aliphatic heterocycles. The summed E-state index contributed by atoms with van der Waals surface area (Å²) in [7, 11) is 0. The first-order valence-electron chi connectivity index (χ1n) is 4.60. The molecule has 15 heavy (non-hydrogen) atoms. The van der Waals surface area contributed by atoms with Crippen LogP contribution in [-0.2, 0) is 0 Å². The van der Waals surface area contributed by atoms with Crippen LogP contribution in [0.2, 0.25) is 5.02 Å². The van der Waals surface area contributed by atoms with Crippen molar-refractivity contribution in [3.05, 3.63) is 48.1 Å². The number of ether oxygens (including phenoxy) is 1. The van der Waals surface area contributed by atoms with Crippen molar-refractivity contribution in [1.82, 2.24) is 4.98 Å². The van der Waals surface area contributed by atoms with E-state index in [1.807, 2.05) is 24.3 Å². The SMILES string of the molecule is C=CCOc1ccc2ncccc2c1Cl. The van der Waals surface area contributed by atoms with E-state index in [-0.39, 0.29) is 0 Å². The lowest BCUT2D eigenvalue weighted by molar-refractivity contribution is 0.364. The number of pyridine rings is 1. The summed E-state index contributed by atoms with van der Waals surface area (Å²) in [4.78, 5) is 4.20. The molecule has 2 aromatic rings. The van der Waals surface area contributed by atoms with Crippen molar-refractivity contribution in [1.29, 1.82) is 0 Å². The fourth-order valence-electron chi connectivity index (χ4n) is 1.36. The Bertz CT molecular complexity index is 496. The molecule has 0 aliphatic carbocycles. The zero-order chi connectivity index (χ0) is 10.7. The van der Waals surface area contributed by atoms with Gasteiger partial charge in [0.15, 0.2) is 0 Å². The normalized spacial score (nSPS) is 10.2. The molecule has 0 unspecified atom stereocenters. The van der Waals surface area contributed by atoms with E-state index < -0.39 is 0 Å². The third-order valence-corrected chi connectivity index (χ3v) is 2.43. The number of nitrogens with zero attached hydrogens (tertiary/aromatic N) is 1. The predicted octanol–water partition coefficient (Wildman–Crippen LogP) is 3.45. The van der Waals surface area contributed by atoms with Gasteiger partial charge in [-0.15, -0.1) is 0 Å². The number of aromatic nitrogens is 1. The number of rotatable bonds is 3. The quantitative estimate of drug-likeness (QED) is 0.738. The van der Waals surface area contributed by atoms with Crippen LogP contribution in [0.25, 0.3) is 10.9 Å². The average Bonchev–Trinajstić information content (AvgIpc) is 2.29. The van der Waals surface area contributed by atoms with Crippen LogP contribution < -0.4 is 4.74 Å². The van der Waals surface area contributed by atoms with E-state index in [0.717, 1.165) is 10.9 Å². The second kappa shape index (κ2) is 4.32. The summed E-state index contributed by atoms with van der Waals surface area (Å²) in [6.07, 6.45) is 3.42. The summed E-state index contributed by atoms with van der Waals surface area (Å²) in [5, 5.41) is 1.50. The molecular formula is C12H10ClNO. The summed E-state index contributed by atoms with van der Waals surface area (Å²) < 4.78 is 5.42. The maximum absolute atomic E-state index is 6.18. The first-order valence-corrected chi connectivity index (χ1v) is 4.97. The molecule has 2 nitrogen and oxygen atoms in total. The standard InChI is InChI=1S/C12H10ClNO/c1-2-8-15-11-6-5-10-9(12(11)13)4-3-7-14-10/h2-7H,1,8H2. The van der Waals surface area contributed by atoms with Gasteiger partial charge in [-0.05, 0) is 24.3 Å². The molecule has 0 spiro atoms. The molecule has 0 saturated heterocycles. The molecule has 1 aromatic carbocycles. The van der Waals surface area contributed by atoms with Gasteiger partial charge >= 0.3 is 0 Å². The summed E-state index contributed by atoms with van der Waals surface area (Å²) in [5.74, 6) is 0.664. The van der Waals surface area contributed by atoms with Crippen molar-refractivity contribution in [2.75, 3.05) is 6.61 Å². The molecular weight excluding hydrogens is 210 g/mol. The fraction of sp³-hybridized carbons (Fsp3) is 0.0833. The smallest absolute Gasteiger partial charge is 0.139 e. The lowest BCUT2D eigenvalue weighted by atomic mass is 10.2. The summed E-state index contributed by atoms with van der Waals surface area (Å²) in [6, 6.07) is 7.48. The van der Waals surface area contributed by atoms with Crippen molar-refractivity contribution in [2.45, 2.75) is 0 Å². The van der Waals surface area contributed by atoms with Gasteiger partial charge in [-0.25, -0.2) is 0 Å². The van der Waals surface area contributed by atoms with E-state index in [9.17, 15) is 0 Å². The zero-order valence-corrected chi connectivity index (χ0v) is 8.87. The minimum absolute atomic E-state index is 0.450. The third kappa shape index (κ3) is 1.95. The highest BCUT2D eigenvalue weighted by Gasteiger charge is 2.05. The predicted molar refractivity (Wildman–Crippen MR) is 62.4 cm³/mol. The van der Waals surface area contributed by atoms with E-state index in [0.29, 0.717) is 17.4 Å². The molecule has 1 aromatic heterocycles. The molecule has 0 amide bonds. The Kier molecular flexibility index (Phi) is 2.88. The van der Waals surface area contributed by atoms with Gasteiger partial charge in [0.1, 0.15) is 12.4 Å². The van der Waals surface area contributed by atoms with E-state index in [4.69, 9.17) is 16.3 Å². The second-order valence-electron chi connectivity index (χ2n) is 3.05. The number of hydrogen-bond donors (Lipinski definition) is 0. The summed E-state index contributed by atoms with van der Waals surface area (Å²) >= 11 is 6.18. The lowest BCUT2D eigenvalue weighted by Crippen LogP contribution is -1.93. The molecule has 0 radical (unpaired) electrons. The third-order valence-electron chi connectivity index (χ3n) is 2.04. The Morgan fingerprint density at radius 3 is 3.07 bits per heavy atom. The van der Waals surface area contributed by atoms with Gasteiger partial charge in [0, 0.05) is 11.6 Å². The molecule has 0 bridgehead atoms. The van der Waals surface area contributed by atoms with Gasteiger partial charge in [0.05, 0.1) is 10.5 Å². The molecule has 0 saturated carbocycles. The van der Waals surface area contributed by atoms with Crippen molar-refractivity contribution in [3.8, 4) is 5.75 Å². The number of benzene rings is 1. The Hall–Kier alpha value is -1.54. The molecule has 0 aliphatic rings. The van der Waals surface area contributed by atoms with Gasteiger partial charge in [-0.1, -0.05) is 24.3 Å². The Labute approximate surface area is 93.2 Å². The van der Waals surface area contributed by atoms with Gasteiger partial charge in [-0.2, -0.15) is 0 Å². The van der Waals surface area contributed by atoms with Crippen LogP contribution in [0.4, 0.5) is 0 Å². The van der Waals surface area contributed by atoms with Gasteiger partial charge in [-0.3, -0.25) is 4.98 Å². The largest absolute Gasteiger partial charge is 0.488 e. The van der Waals surface area contributed by atoms with Crippen LogP contribution in [0.15, 0.2) is 43.1 Å². The van der Waals surface area contributed by atoms with Crippen molar-refractivity contribution in [3.63, 3.8) is 0 Å². The zero-order valence-electron chi connectivity index (χ0n) is 8.11. The molecule has 2 rings (SSSR count). The summed E-state index contributed by atoms with van der Waals surface area (Å²) in [6.45, 7) is 4.04. The van der Waals surface area contributed by atoms with Crippen molar-refractivity contribution < 1.29 is 4.74 Å². The molecule has 1 heterocycles. The van der Waals surface area contributed by atoms with E-state index in [1.54, 1.807) is 12.3 Å². The van der Waals surface area contributed by atoms with Crippen LogP contribution in [-0.4, -0.2) is 11.6 Å². The highest BCUT2D eigenvalue weighted by atomic mass is 35.5. The first-order chi connectivity index (χ1) is 7.33. The van der Waals surface area contributed by atoms with E-state index >= 15 is 0 Å². The molecule has 0 fully saturated rings. The van der Waals surface area contributed by atoms with E-state index in [1.165, 1.54) is 0 Å². The van der Waals surface area contributed by atoms with Crippen LogP contribution in [0.1, 0.15) is 0 Å². The first kappa shape index (κ1) is 9.99. The Morgan fingerprint density at radius 2 is 2.27 bits per heavy atom. The van der Waals surface area contributed by atoms with Crippen LogP contribution in [0.3, 0.4) is 0 Å². The fourth-order valence-corrected chi connectivity index (χ4v) is 1.63. The van der Waals surface area contributed by atoms with Gasteiger partial charge < -0.3 is 4.74 Å². The van der Waals surface area contributed by atoms with Gasteiger partial charge in [0.2, 0.25) is 0 Å². The van der Waals surface area contributed by atoms with Crippen LogP contribution >= 0.6 is 11.6 Å². The minimum atomic E-state index is 0.450. The Balaban J connectivity index is 2.50. The van der Waals surface area contributed by atoms with Crippen molar-refractivity contribution >= 4 is 22.5 Å². The monoisotopic (exact) mass is 219 g/mol. The lowest BCUT2D eigenvalue weighted by Gasteiger charge is -2.07. The topological polar surface area (TPSA) is 22.1 Å². The van der Waals surface area contributed by atoms with Crippen LogP contribution in [0, 0.1) is 0 Å². The maximum Gasteiger partial charge on any atom is 0.139 e. The average molecular weight is 220 g/mol. The number of halogens is 1. The highest BCUT2D eigenvalue weighted by molar-refractivity contribution is 6.36. The van der Waals surface area contributed by atoms with Crippen LogP contribution in [0.5, 0.6) is 5.75 Å². The summed E-state index contributed by atoms with van der Waals surface area (Å²) in [5.41, 5.74) is 0.869. The molecule has 3 heteroatoms. The molecule has 0 N–H and O–H groups in total. The Morgan fingerprint density at radius 1 is 1.40 bits per heavy atom. The minimum Gasteiger partial charge on any atom is -0.488 e. The highest BCUT2D eigenvalue weighted by Crippen LogP contribution is 2.31. The maximum atomic E-state index is 6.18. The van der Waals surface area contributed by atoms with Crippen molar-refractivity contribution in [2.24, 2.45) is 0 Å². The van der Waals surface area contributed by atoms with E-state index in [2.05, 4.69) is 11.6 Å². The van der Waals surface area contributed by atoms with Gasteiger partial charge in [0.25, 0.3) is 0 Å². The number of hydrogen-bond acceptors (Lipinski definition) is 2. The second-order valence-corrected chi connectivity index (χ2v) is 3.43.